The van der Waals surface area contributed by atoms with Crippen LogP contribution in [0.25, 0.3) is 0 Å². The minimum absolute atomic E-state index is 0.0744. The summed E-state index contributed by atoms with van der Waals surface area (Å²) in [6, 6.07) is 6.30. The molecule has 2 aromatic rings. The van der Waals surface area contributed by atoms with Crippen molar-refractivity contribution < 1.29 is 33.4 Å². The number of hydrogen-bond donors (Lipinski definition) is 1. The van der Waals surface area contributed by atoms with Crippen molar-refractivity contribution in [2.45, 2.75) is 20.8 Å². The molecule has 0 bridgehead atoms. The highest BCUT2D eigenvalue weighted by Crippen LogP contribution is 2.19. The summed E-state index contributed by atoms with van der Waals surface area (Å²) in [6.07, 6.45) is 0. The van der Waals surface area contributed by atoms with E-state index in [1.54, 1.807) is 38.1 Å². The lowest BCUT2D eigenvalue weighted by atomic mass is 10.1. The van der Waals surface area contributed by atoms with Crippen LogP contribution in [-0.2, 0) is 14.3 Å². The largest absolute Gasteiger partial charge is 0.482 e. The van der Waals surface area contributed by atoms with Gasteiger partial charge >= 0.3 is 11.9 Å². The lowest BCUT2D eigenvalue weighted by Gasteiger charge is -2.07. The number of hydrogen-bond acceptors (Lipinski definition) is 7. The molecule has 0 amide bonds. The van der Waals surface area contributed by atoms with Gasteiger partial charge in [0.25, 0.3) is 0 Å². The Kier molecular flexibility index (Phi) is 6.70. The maximum Gasteiger partial charge on any atom is 0.344 e. The molecule has 0 saturated carbocycles. The number of aryl methyl sites for hydroxylation is 1. The van der Waals surface area contributed by atoms with Crippen molar-refractivity contribution in [3.8, 4) is 5.75 Å². The maximum absolute atomic E-state index is 12.3. The Morgan fingerprint density at radius 3 is 2.21 bits per heavy atom. The number of aromatic amines is 1. The van der Waals surface area contributed by atoms with Gasteiger partial charge in [-0.25, -0.2) is 9.59 Å². The Balaban J connectivity index is 1.89. The number of ketones is 2. The number of Topliss-reactive ketones (excluding diaryl/α,β-unsaturated/α-hetero) is 2. The van der Waals surface area contributed by atoms with Crippen LogP contribution in [0.2, 0.25) is 0 Å². The number of methoxy groups -OCH3 is 1. The van der Waals surface area contributed by atoms with Crippen LogP contribution in [-0.4, -0.2) is 48.8 Å². The fourth-order valence-corrected chi connectivity index (χ4v) is 2.63. The second-order valence-corrected chi connectivity index (χ2v) is 6.07. The molecule has 2 rings (SSSR count). The van der Waals surface area contributed by atoms with Gasteiger partial charge in [0.1, 0.15) is 5.75 Å². The summed E-state index contributed by atoms with van der Waals surface area (Å²) in [5, 5.41) is 0. The highest BCUT2D eigenvalue weighted by atomic mass is 16.6. The zero-order valence-corrected chi connectivity index (χ0v) is 16.1. The third kappa shape index (κ3) is 4.85. The van der Waals surface area contributed by atoms with E-state index in [9.17, 15) is 19.2 Å². The summed E-state index contributed by atoms with van der Waals surface area (Å²) in [7, 11) is 1.26. The van der Waals surface area contributed by atoms with Gasteiger partial charge in [0.05, 0.1) is 18.4 Å². The predicted octanol–water partition coefficient (Wildman–Crippen LogP) is 2.43. The van der Waals surface area contributed by atoms with E-state index in [0.29, 0.717) is 22.6 Å². The molecule has 0 atom stereocenters. The highest BCUT2D eigenvalue weighted by molar-refractivity contribution is 6.02. The van der Waals surface area contributed by atoms with Crippen LogP contribution in [0.5, 0.6) is 5.75 Å². The van der Waals surface area contributed by atoms with Gasteiger partial charge < -0.3 is 19.2 Å². The number of carbonyl (C=O) groups is 4. The molecule has 0 aliphatic heterocycles. The monoisotopic (exact) mass is 387 g/mol. The molecule has 0 saturated heterocycles. The topological polar surface area (TPSA) is 112 Å². The molecule has 148 valence electrons. The summed E-state index contributed by atoms with van der Waals surface area (Å²) in [5.74, 6) is -1.43. The van der Waals surface area contributed by atoms with Gasteiger partial charge in [0, 0.05) is 11.3 Å². The Morgan fingerprint density at radius 1 is 1.00 bits per heavy atom. The smallest absolute Gasteiger partial charge is 0.344 e. The van der Waals surface area contributed by atoms with Gasteiger partial charge in [-0.1, -0.05) is 0 Å². The molecule has 1 N–H and O–H groups in total. The Morgan fingerprint density at radius 2 is 1.64 bits per heavy atom. The SMILES string of the molecule is COC(=O)c1c(C)[nH]c(C(=O)COC(=O)COc2ccc(C(C)=O)cc2)c1C. The van der Waals surface area contributed by atoms with Crippen LogP contribution in [0.1, 0.15) is 49.4 Å². The zero-order valence-electron chi connectivity index (χ0n) is 16.1. The van der Waals surface area contributed by atoms with Crippen molar-refractivity contribution in [1.82, 2.24) is 4.98 Å². The van der Waals surface area contributed by atoms with E-state index in [1.165, 1.54) is 14.0 Å². The van der Waals surface area contributed by atoms with Crippen molar-refractivity contribution in [3.63, 3.8) is 0 Å². The molecule has 8 heteroatoms. The average molecular weight is 387 g/mol. The van der Waals surface area contributed by atoms with E-state index in [-0.39, 0.29) is 23.6 Å². The molecule has 1 aromatic heterocycles. The molecule has 0 spiro atoms. The highest BCUT2D eigenvalue weighted by Gasteiger charge is 2.23. The van der Waals surface area contributed by atoms with E-state index in [1.807, 2.05) is 0 Å². The molecule has 1 aromatic carbocycles. The van der Waals surface area contributed by atoms with E-state index < -0.39 is 24.3 Å². The summed E-state index contributed by atoms with van der Waals surface area (Å²) in [5.41, 5.74) is 1.94. The molecule has 0 radical (unpaired) electrons. The van der Waals surface area contributed by atoms with Crippen LogP contribution in [0, 0.1) is 13.8 Å². The molecule has 0 aliphatic rings. The minimum atomic E-state index is -0.724. The number of rotatable bonds is 8. The first-order valence-corrected chi connectivity index (χ1v) is 8.44. The normalized spacial score (nSPS) is 10.3. The molecule has 28 heavy (non-hydrogen) atoms. The van der Waals surface area contributed by atoms with Crippen molar-refractivity contribution >= 4 is 23.5 Å². The molecular weight excluding hydrogens is 366 g/mol. The van der Waals surface area contributed by atoms with Crippen LogP contribution in [0.4, 0.5) is 0 Å². The van der Waals surface area contributed by atoms with Crippen LogP contribution < -0.4 is 4.74 Å². The second-order valence-electron chi connectivity index (χ2n) is 6.07. The minimum Gasteiger partial charge on any atom is -0.482 e. The van der Waals surface area contributed by atoms with E-state index >= 15 is 0 Å². The van der Waals surface area contributed by atoms with Gasteiger partial charge in [-0.3, -0.25) is 9.59 Å². The predicted molar refractivity (Wildman–Crippen MR) is 98.8 cm³/mol. The fraction of sp³-hybridized carbons (Fsp3) is 0.300. The average Bonchev–Trinajstić information content (AvgIpc) is 2.98. The standard InChI is InChI=1S/C20H21NO7/c1-11-18(20(25)26-4)12(2)21-19(11)16(23)9-28-17(24)10-27-15-7-5-14(6-8-15)13(3)22/h5-8,21H,9-10H2,1-4H3. The summed E-state index contributed by atoms with van der Waals surface area (Å²) in [6.45, 7) is 3.83. The fourth-order valence-electron chi connectivity index (χ4n) is 2.63. The molecule has 1 heterocycles. The Hall–Kier alpha value is -3.42. The lowest BCUT2D eigenvalue weighted by Crippen LogP contribution is -2.20. The van der Waals surface area contributed by atoms with Gasteiger partial charge in [-0.2, -0.15) is 0 Å². The van der Waals surface area contributed by atoms with Crippen LogP contribution in [0.3, 0.4) is 0 Å². The third-order valence-corrected chi connectivity index (χ3v) is 4.09. The number of carbonyl (C=O) groups excluding carboxylic acids is 4. The van der Waals surface area contributed by atoms with Gasteiger partial charge in [-0.05, 0) is 50.6 Å². The number of H-pyrrole nitrogens is 1. The first-order chi connectivity index (χ1) is 13.2. The van der Waals surface area contributed by atoms with E-state index in [2.05, 4.69) is 4.98 Å². The summed E-state index contributed by atoms with van der Waals surface area (Å²) < 4.78 is 14.9. The number of nitrogens with one attached hydrogen (secondary N) is 1. The van der Waals surface area contributed by atoms with Crippen molar-refractivity contribution in [2.75, 3.05) is 20.3 Å². The maximum atomic E-state index is 12.3. The molecular formula is C20H21NO7. The third-order valence-electron chi connectivity index (χ3n) is 4.09. The first-order valence-electron chi connectivity index (χ1n) is 8.44. The first kappa shape index (κ1) is 20.9. The van der Waals surface area contributed by atoms with E-state index in [0.717, 1.165) is 0 Å². The lowest BCUT2D eigenvalue weighted by molar-refractivity contribution is -0.144. The van der Waals surface area contributed by atoms with Crippen LogP contribution >= 0.6 is 0 Å². The number of benzene rings is 1. The van der Waals surface area contributed by atoms with Gasteiger partial charge in [0.2, 0.25) is 5.78 Å². The van der Waals surface area contributed by atoms with Gasteiger partial charge in [0.15, 0.2) is 19.0 Å². The summed E-state index contributed by atoms with van der Waals surface area (Å²) in [4.78, 5) is 49.9. The number of ether oxygens (including phenoxy) is 3. The Bertz CT molecular complexity index is 909. The van der Waals surface area contributed by atoms with Gasteiger partial charge in [-0.15, -0.1) is 0 Å². The Labute approximate surface area is 161 Å². The van der Waals surface area contributed by atoms with E-state index in [4.69, 9.17) is 14.2 Å². The number of esters is 2. The van der Waals surface area contributed by atoms with Crippen molar-refractivity contribution in [2.24, 2.45) is 0 Å². The second kappa shape index (κ2) is 8.98. The van der Waals surface area contributed by atoms with Crippen molar-refractivity contribution in [1.29, 1.82) is 0 Å². The zero-order chi connectivity index (χ0) is 20.8. The molecule has 0 fully saturated rings. The quantitative estimate of drug-likeness (QED) is 0.547. The number of aromatic nitrogens is 1. The molecule has 8 nitrogen and oxygen atoms in total. The summed E-state index contributed by atoms with van der Waals surface area (Å²) >= 11 is 0. The molecule has 0 unspecified atom stereocenters. The van der Waals surface area contributed by atoms with Crippen molar-refractivity contribution in [3.05, 3.63) is 52.3 Å². The van der Waals surface area contributed by atoms with Crippen LogP contribution in [0.15, 0.2) is 24.3 Å². The molecule has 0 aliphatic carbocycles.